The first-order valence-corrected chi connectivity index (χ1v) is 9.12. The largest absolute Gasteiger partial charge is 0.354 e. The van der Waals surface area contributed by atoms with Gasteiger partial charge in [0, 0.05) is 37.3 Å². The standard InChI is InChI=1S/C20H21N3OS/c1-23-15-14-21-18(23)12-13-22-20(24)19(16-8-4-2-5-9-16)25-17-10-6-3-7-11-17/h2-11,14-15,19H,12-13H2,1H3,(H,22,24). The summed E-state index contributed by atoms with van der Waals surface area (Å²) in [7, 11) is 1.96. The van der Waals surface area contributed by atoms with E-state index in [4.69, 9.17) is 0 Å². The van der Waals surface area contributed by atoms with Crippen molar-refractivity contribution in [2.24, 2.45) is 7.05 Å². The number of aryl methyl sites for hydroxylation is 1. The molecule has 1 heterocycles. The Bertz CT molecular complexity index is 802. The lowest BCUT2D eigenvalue weighted by molar-refractivity contribution is -0.120. The van der Waals surface area contributed by atoms with Crippen molar-refractivity contribution in [3.05, 3.63) is 84.4 Å². The number of hydrogen-bond acceptors (Lipinski definition) is 3. The quantitative estimate of drug-likeness (QED) is 0.662. The van der Waals surface area contributed by atoms with Gasteiger partial charge < -0.3 is 9.88 Å². The Morgan fingerprint density at radius 3 is 2.44 bits per heavy atom. The number of carbonyl (C=O) groups is 1. The third kappa shape index (κ3) is 4.73. The molecule has 0 spiro atoms. The molecule has 2 aromatic carbocycles. The molecule has 4 nitrogen and oxygen atoms in total. The highest BCUT2D eigenvalue weighted by Crippen LogP contribution is 2.35. The molecule has 0 radical (unpaired) electrons. The molecule has 0 saturated heterocycles. The summed E-state index contributed by atoms with van der Waals surface area (Å²) >= 11 is 1.57. The summed E-state index contributed by atoms with van der Waals surface area (Å²) in [5.41, 5.74) is 1.01. The van der Waals surface area contributed by atoms with Gasteiger partial charge in [0.15, 0.2) is 0 Å². The van der Waals surface area contributed by atoms with E-state index in [1.54, 1.807) is 18.0 Å². The summed E-state index contributed by atoms with van der Waals surface area (Å²) in [6, 6.07) is 19.9. The Hall–Kier alpha value is -2.53. The molecule has 1 aromatic heterocycles. The van der Waals surface area contributed by atoms with Crippen LogP contribution >= 0.6 is 11.8 Å². The fourth-order valence-corrected chi connectivity index (χ4v) is 3.63. The molecular weight excluding hydrogens is 330 g/mol. The van der Waals surface area contributed by atoms with Gasteiger partial charge in [0.2, 0.25) is 5.91 Å². The van der Waals surface area contributed by atoms with Crippen molar-refractivity contribution < 1.29 is 4.79 Å². The van der Waals surface area contributed by atoms with E-state index >= 15 is 0 Å². The van der Waals surface area contributed by atoms with Crippen molar-refractivity contribution in [2.75, 3.05) is 6.54 Å². The number of hydrogen-bond donors (Lipinski definition) is 1. The molecule has 0 bridgehead atoms. The van der Waals surface area contributed by atoms with Crippen LogP contribution in [0.1, 0.15) is 16.6 Å². The number of aromatic nitrogens is 2. The first kappa shape index (κ1) is 17.3. The number of nitrogens with one attached hydrogen (secondary N) is 1. The number of nitrogens with zero attached hydrogens (tertiary/aromatic N) is 2. The Balaban J connectivity index is 1.68. The van der Waals surface area contributed by atoms with Gasteiger partial charge in [0.1, 0.15) is 11.1 Å². The lowest BCUT2D eigenvalue weighted by Crippen LogP contribution is -2.30. The van der Waals surface area contributed by atoms with Crippen LogP contribution < -0.4 is 5.32 Å². The van der Waals surface area contributed by atoms with Crippen molar-refractivity contribution in [1.82, 2.24) is 14.9 Å². The predicted molar refractivity (Wildman–Crippen MR) is 101 cm³/mol. The zero-order valence-corrected chi connectivity index (χ0v) is 14.9. The lowest BCUT2D eigenvalue weighted by atomic mass is 10.1. The highest BCUT2D eigenvalue weighted by atomic mass is 32.2. The van der Waals surface area contributed by atoms with E-state index in [0.717, 1.165) is 16.3 Å². The fraction of sp³-hybridized carbons (Fsp3) is 0.200. The molecule has 3 aromatic rings. The SMILES string of the molecule is Cn1ccnc1CCNC(=O)C(Sc1ccccc1)c1ccccc1. The second-order valence-corrected chi connectivity index (χ2v) is 6.90. The van der Waals surface area contributed by atoms with E-state index < -0.39 is 0 Å². The second kappa shape index (κ2) is 8.53. The molecule has 0 aliphatic rings. The highest BCUT2D eigenvalue weighted by molar-refractivity contribution is 8.00. The van der Waals surface area contributed by atoms with E-state index in [0.29, 0.717) is 13.0 Å². The number of thioether (sulfide) groups is 1. The normalized spacial score (nSPS) is 11.9. The van der Waals surface area contributed by atoms with Gasteiger partial charge in [-0.25, -0.2) is 4.98 Å². The van der Waals surface area contributed by atoms with Gasteiger partial charge >= 0.3 is 0 Å². The molecule has 5 heteroatoms. The molecule has 3 rings (SSSR count). The van der Waals surface area contributed by atoms with Gasteiger partial charge in [-0.1, -0.05) is 48.5 Å². The molecule has 128 valence electrons. The van der Waals surface area contributed by atoms with Gasteiger partial charge in [0.25, 0.3) is 0 Å². The van der Waals surface area contributed by atoms with Crippen molar-refractivity contribution >= 4 is 17.7 Å². The van der Waals surface area contributed by atoms with Crippen LogP contribution in [-0.4, -0.2) is 22.0 Å². The minimum atomic E-state index is -0.273. The van der Waals surface area contributed by atoms with E-state index in [1.807, 2.05) is 78.5 Å². The minimum absolute atomic E-state index is 0.0225. The molecule has 0 saturated carbocycles. The zero-order valence-electron chi connectivity index (χ0n) is 14.1. The molecule has 25 heavy (non-hydrogen) atoms. The first-order valence-electron chi connectivity index (χ1n) is 8.24. The number of benzene rings is 2. The van der Waals surface area contributed by atoms with Crippen molar-refractivity contribution in [3.8, 4) is 0 Å². The van der Waals surface area contributed by atoms with Crippen LogP contribution in [0.25, 0.3) is 0 Å². The van der Waals surface area contributed by atoms with E-state index in [1.165, 1.54) is 0 Å². The fourth-order valence-electron chi connectivity index (χ4n) is 2.56. The third-order valence-electron chi connectivity index (χ3n) is 3.91. The molecule has 1 amide bonds. The summed E-state index contributed by atoms with van der Waals surface area (Å²) in [5, 5.41) is 2.78. The average Bonchev–Trinajstić information content (AvgIpc) is 3.06. The van der Waals surface area contributed by atoms with E-state index in [-0.39, 0.29) is 11.2 Å². The molecule has 0 fully saturated rings. The highest BCUT2D eigenvalue weighted by Gasteiger charge is 2.21. The molecule has 0 aliphatic carbocycles. The summed E-state index contributed by atoms with van der Waals surface area (Å²) in [6.45, 7) is 0.572. The van der Waals surface area contributed by atoms with Gasteiger partial charge in [-0.15, -0.1) is 11.8 Å². The monoisotopic (exact) mass is 351 g/mol. The summed E-state index contributed by atoms with van der Waals surface area (Å²) < 4.78 is 1.97. The maximum absolute atomic E-state index is 12.8. The molecule has 1 unspecified atom stereocenters. The summed E-state index contributed by atoms with van der Waals surface area (Å²) in [6.07, 6.45) is 4.40. The van der Waals surface area contributed by atoms with Crippen LogP contribution in [0.15, 0.2) is 78.0 Å². The zero-order chi connectivity index (χ0) is 17.5. The molecule has 1 atom stereocenters. The average molecular weight is 351 g/mol. The maximum Gasteiger partial charge on any atom is 0.238 e. The van der Waals surface area contributed by atoms with Crippen molar-refractivity contribution in [1.29, 1.82) is 0 Å². The number of imidazole rings is 1. The molecular formula is C20H21N3OS. The maximum atomic E-state index is 12.8. The van der Waals surface area contributed by atoms with Crippen LogP contribution in [0.2, 0.25) is 0 Å². The van der Waals surface area contributed by atoms with Crippen LogP contribution in [0.3, 0.4) is 0 Å². The summed E-state index contributed by atoms with van der Waals surface area (Å²) in [4.78, 5) is 18.2. The van der Waals surface area contributed by atoms with Crippen LogP contribution in [0, 0.1) is 0 Å². The number of carbonyl (C=O) groups excluding carboxylic acids is 1. The van der Waals surface area contributed by atoms with Crippen molar-refractivity contribution in [3.63, 3.8) is 0 Å². The smallest absolute Gasteiger partial charge is 0.238 e. The lowest BCUT2D eigenvalue weighted by Gasteiger charge is -2.17. The van der Waals surface area contributed by atoms with Crippen LogP contribution in [-0.2, 0) is 18.3 Å². The van der Waals surface area contributed by atoms with Gasteiger partial charge in [0.05, 0.1) is 0 Å². The Morgan fingerprint density at radius 1 is 1.12 bits per heavy atom. The topological polar surface area (TPSA) is 46.9 Å². The van der Waals surface area contributed by atoms with E-state index in [9.17, 15) is 4.79 Å². The first-order chi connectivity index (χ1) is 12.2. The van der Waals surface area contributed by atoms with Crippen LogP contribution in [0.5, 0.6) is 0 Å². The van der Waals surface area contributed by atoms with E-state index in [2.05, 4.69) is 10.3 Å². The van der Waals surface area contributed by atoms with Gasteiger partial charge in [-0.2, -0.15) is 0 Å². The summed E-state index contributed by atoms with van der Waals surface area (Å²) in [5.74, 6) is 0.988. The van der Waals surface area contributed by atoms with Gasteiger partial charge in [-0.05, 0) is 17.7 Å². The van der Waals surface area contributed by atoms with Gasteiger partial charge in [-0.3, -0.25) is 4.79 Å². The van der Waals surface area contributed by atoms with Crippen LogP contribution in [0.4, 0.5) is 0 Å². The van der Waals surface area contributed by atoms with Crippen molar-refractivity contribution in [2.45, 2.75) is 16.6 Å². The molecule has 1 N–H and O–H groups in total. The molecule has 0 aliphatic heterocycles. The number of rotatable bonds is 7. The predicted octanol–water partition coefficient (Wildman–Crippen LogP) is 3.61. The number of amides is 1. The second-order valence-electron chi connectivity index (χ2n) is 5.72. The third-order valence-corrected chi connectivity index (χ3v) is 5.17. The Kier molecular flexibility index (Phi) is 5.90. The minimum Gasteiger partial charge on any atom is -0.354 e. The Morgan fingerprint density at radius 2 is 1.80 bits per heavy atom. The Labute approximate surface area is 152 Å².